The minimum atomic E-state index is -0.0346. The molecule has 0 aliphatic carbocycles. The Bertz CT molecular complexity index is 199. The van der Waals surface area contributed by atoms with E-state index in [1.807, 2.05) is 6.92 Å². The SMILES string of the molecule is CCCC(=O)OCCCCCCCCCCC(C)C. The maximum absolute atomic E-state index is 11.1. The molecule has 0 fully saturated rings. The standard InChI is InChI=1S/C17H34O2/c1-4-13-17(18)19-15-12-10-8-6-5-7-9-11-14-16(2)3/h16H,4-15H2,1-3H3. The number of carbonyl (C=O) groups is 1. The highest BCUT2D eigenvalue weighted by molar-refractivity contribution is 5.69. The number of esters is 1. The maximum atomic E-state index is 11.1. The summed E-state index contributed by atoms with van der Waals surface area (Å²) in [6, 6.07) is 0. The third kappa shape index (κ3) is 15.4. The zero-order valence-electron chi connectivity index (χ0n) is 13.4. The van der Waals surface area contributed by atoms with Crippen LogP contribution in [0.2, 0.25) is 0 Å². The van der Waals surface area contributed by atoms with Gasteiger partial charge >= 0.3 is 5.97 Å². The Hall–Kier alpha value is -0.530. The van der Waals surface area contributed by atoms with E-state index in [0.717, 1.165) is 18.8 Å². The molecule has 0 bridgehead atoms. The van der Waals surface area contributed by atoms with Crippen molar-refractivity contribution < 1.29 is 9.53 Å². The summed E-state index contributed by atoms with van der Waals surface area (Å²) in [4.78, 5) is 11.1. The van der Waals surface area contributed by atoms with Gasteiger partial charge in [-0.3, -0.25) is 4.79 Å². The highest BCUT2D eigenvalue weighted by Gasteiger charge is 1.99. The normalized spacial score (nSPS) is 10.9. The van der Waals surface area contributed by atoms with Crippen LogP contribution in [0.3, 0.4) is 0 Å². The lowest BCUT2D eigenvalue weighted by atomic mass is 10.0. The van der Waals surface area contributed by atoms with Gasteiger partial charge in [-0.2, -0.15) is 0 Å². The second kappa shape index (κ2) is 13.9. The summed E-state index contributed by atoms with van der Waals surface area (Å²) in [5, 5.41) is 0. The zero-order valence-corrected chi connectivity index (χ0v) is 13.4. The zero-order chi connectivity index (χ0) is 14.3. The fourth-order valence-corrected chi connectivity index (χ4v) is 2.18. The maximum Gasteiger partial charge on any atom is 0.305 e. The molecule has 0 N–H and O–H groups in total. The molecule has 0 rings (SSSR count). The lowest BCUT2D eigenvalue weighted by molar-refractivity contribution is -0.143. The molecule has 0 aliphatic rings. The average Bonchev–Trinajstić information content (AvgIpc) is 2.36. The summed E-state index contributed by atoms with van der Waals surface area (Å²) in [5.41, 5.74) is 0. The topological polar surface area (TPSA) is 26.3 Å². The molecule has 0 aromatic rings. The fourth-order valence-electron chi connectivity index (χ4n) is 2.18. The van der Waals surface area contributed by atoms with Crippen LogP contribution in [-0.2, 0) is 9.53 Å². The second-order valence-electron chi connectivity index (χ2n) is 5.98. The minimum absolute atomic E-state index is 0.0346. The molecule has 2 nitrogen and oxygen atoms in total. The Kier molecular flexibility index (Phi) is 13.5. The van der Waals surface area contributed by atoms with Crippen LogP contribution in [0.1, 0.15) is 91.4 Å². The van der Waals surface area contributed by atoms with Gasteiger partial charge in [0.2, 0.25) is 0 Å². The molecule has 0 atom stereocenters. The van der Waals surface area contributed by atoms with Crippen molar-refractivity contribution >= 4 is 5.97 Å². The van der Waals surface area contributed by atoms with E-state index in [1.165, 1.54) is 51.4 Å². The summed E-state index contributed by atoms with van der Waals surface area (Å²) in [5.74, 6) is 0.822. The van der Waals surface area contributed by atoms with Crippen molar-refractivity contribution in [3.05, 3.63) is 0 Å². The summed E-state index contributed by atoms with van der Waals surface area (Å²) < 4.78 is 5.13. The fraction of sp³-hybridized carbons (Fsp3) is 0.941. The molecule has 0 saturated heterocycles. The van der Waals surface area contributed by atoms with Gasteiger partial charge in [-0.25, -0.2) is 0 Å². The van der Waals surface area contributed by atoms with Crippen LogP contribution < -0.4 is 0 Å². The predicted molar refractivity (Wildman–Crippen MR) is 82.3 cm³/mol. The molecule has 0 radical (unpaired) electrons. The predicted octanol–water partition coefficient (Wildman–Crippen LogP) is 5.50. The van der Waals surface area contributed by atoms with E-state index in [9.17, 15) is 4.79 Å². The van der Waals surface area contributed by atoms with Crippen molar-refractivity contribution in [1.29, 1.82) is 0 Å². The van der Waals surface area contributed by atoms with Gasteiger partial charge in [-0.1, -0.05) is 72.1 Å². The van der Waals surface area contributed by atoms with Crippen molar-refractivity contribution in [2.24, 2.45) is 5.92 Å². The molecule has 19 heavy (non-hydrogen) atoms. The second-order valence-corrected chi connectivity index (χ2v) is 5.98. The van der Waals surface area contributed by atoms with Crippen LogP contribution in [-0.4, -0.2) is 12.6 Å². The highest BCUT2D eigenvalue weighted by atomic mass is 16.5. The van der Waals surface area contributed by atoms with E-state index in [1.54, 1.807) is 0 Å². The van der Waals surface area contributed by atoms with Crippen LogP contribution in [0.15, 0.2) is 0 Å². The molecule has 0 aromatic heterocycles. The van der Waals surface area contributed by atoms with Crippen molar-refractivity contribution in [3.8, 4) is 0 Å². The van der Waals surface area contributed by atoms with Crippen molar-refractivity contribution in [3.63, 3.8) is 0 Å². The van der Waals surface area contributed by atoms with E-state index < -0.39 is 0 Å². The van der Waals surface area contributed by atoms with Gasteiger partial charge in [0.25, 0.3) is 0 Å². The van der Waals surface area contributed by atoms with Gasteiger partial charge in [0, 0.05) is 6.42 Å². The van der Waals surface area contributed by atoms with E-state index in [4.69, 9.17) is 4.74 Å². The largest absolute Gasteiger partial charge is 0.466 e. The first kappa shape index (κ1) is 18.5. The van der Waals surface area contributed by atoms with Crippen molar-refractivity contribution in [1.82, 2.24) is 0 Å². The van der Waals surface area contributed by atoms with Crippen LogP contribution >= 0.6 is 0 Å². The van der Waals surface area contributed by atoms with Crippen molar-refractivity contribution in [2.75, 3.05) is 6.61 Å². The van der Waals surface area contributed by atoms with Crippen molar-refractivity contribution in [2.45, 2.75) is 91.4 Å². The number of hydrogen-bond acceptors (Lipinski definition) is 2. The van der Waals surface area contributed by atoms with Gasteiger partial charge in [-0.15, -0.1) is 0 Å². The average molecular weight is 270 g/mol. The molecule has 0 amide bonds. The Morgan fingerprint density at radius 2 is 1.42 bits per heavy atom. The first-order chi connectivity index (χ1) is 9.16. The Morgan fingerprint density at radius 3 is 1.95 bits per heavy atom. The molecular weight excluding hydrogens is 236 g/mol. The van der Waals surface area contributed by atoms with Gasteiger partial charge in [0.1, 0.15) is 0 Å². The molecule has 0 aliphatic heterocycles. The molecule has 2 heteroatoms. The minimum Gasteiger partial charge on any atom is -0.466 e. The van der Waals surface area contributed by atoms with Gasteiger partial charge in [0.15, 0.2) is 0 Å². The number of hydrogen-bond donors (Lipinski definition) is 0. The van der Waals surface area contributed by atoms with E-state index >= 15 is 0 Å². The monoisotopic (exact) mass is 270 g/mol. The molecule has 0 aromatic carbocycles. The highest BCUT2D eigenvalue weighted by Crippen LogP contribution is 2.12. The third-order valence-electron chi connectivity index (χ3n) is 3.39. The van der Waals surface area contributed by atoms with Crippen LogP contribution in [0.25, 0.3) is 0 Å². The van der Waals surface area contributed by atoms with Crippen LogP contribution in [0, 0.1) is 5.92 Å². The first-order valence-electron chi connectivity index (χ1n) is 8.32. The number of carbonyl (C=O) groups excluding carboxylic acids is 1. The lowest BCUT2D eigenvalue weighted by Gasteiger charge is -2.05. The van der Waals surface area contributed by atoms with E-state index in [-0.39, 0.29) is 5.97 Å². The van der Waals surface area contributed by atoms with Crippen LogP contribution in [0.4, 0.5) is 0 Å². The van der Waals surface area contributed by atoms with Gasteiger partial charge in [0.05, 0.1) is 6.61 Å². The summed E-state index contributed by atoms with van der Waals surface area (Å²) in [6.07, 6.45) is 13.2. The Labute approximate surface area is 120 Å². The van der Waals surface area contributed by atoms with Gasteiger partial charge in [-0.05, 0) is 18.8 Å². The summed E-state index contributed by atoms with van der Waals surface area (Å²) in [7, 11) is 0. The third-order valence-corrected chi connectivity index (χ3v) is 3.39. The Balaban J connectivity index is 3.05. The smallest absolute Gasteiger partial charge is 0.305 e. The van der Waals surface area contributed by atoms with E-state index in [0.29, 0.717) is 13.0 Å². The summed E-state index contributed by atoms with van der Waals surface area (Å²) >= 11 is 0. The molecule has 0 unspecified atom stereocenters. The number of rotatable bonds is 13. The molecule has 114 valence electrons. The first-order valence-corrected chi connectivity index (χ1v) is 8.32. The molecule has 0 heterocycles. The molecular formula is C17H34O2. The summed E-state index contributed by atoms with van der Waals surface area (Å²) in [6.45, 7) is 7.22. The lowest BCUT2D eigenvalue weighted by Crippen LogP contribution is -2.04. The molecule has 0 spiro atoms. The molecule has 0 saturated carbocycles. The quantitative estimate of drug-likeness (QED) is 0.326. The van der Waals surface area contributed by atoms with Crippen LogP contribution in [0.5, 0.6) is 0 Å². The Morgan fingerprint density at radius 1 is 0.895 bits per heavy atom. The van der Waals surface area contributed by atoms with Gasteiger partial charge < -0.3 is 4.74 Å². The van der Waals surface area contributed by atoms with E-state index in [2.05, 4.69) is 13.8 Å². The number of ether oxygens (including phenoxy) is 1. The number of unbranched alkanes of at least 4 members (excludes halogenated alkanes) is 7.